The molecule has 32 heavy (non-hydrogen) atoms. The van der Waals surface area contributed by atoms with Crippen LogP contribution in [0.2, 0.25) is 0 Å². The second-order valence-corrected chi connectivity index (χ2v) is 7.56. The Morgan fingerprint density at radius 3 is 2.75 bits per heavy atom. The highest BCUT2D eigenvalue weighted by Gasteiger charge is 2.16. The van der Waals surface area contributed by atoms with Crippen LogP contribution in [0.1, 0.15) is 19.2 Å². The first-order chi connectivity index (χ1) is 15.4. The quantitative estimate of drug-likeness (QED) is 0.481. The van der Waals surface area contributed by atoms with Crippen molar-refractivity contribution in [3.8, 4) is 11.4 Å². The number of anilines is 1. The van der Waals surface area contributed by atoms with E-state index in [4.69, 9.17) is 4.74 Å². The summed E-state index contributed by atoms with van der Waals surface area (Å²) in [5, 5.41) is 11.0. The average Bonchev–Trinajstić information content (AvgIpc) is 3.17. The van der Waals surface area contributed by atoms with Gasteiger partial charge in [0.2, 0.25) is 11.6 Å². The van der Waals surface area contributed by atoms with Gasteiger partial charge in [-0.15, -0.1) is 10.2 Å². The number of amides is 1. The fourth-order valence-corrected chi connectivity index (χ4v) is 3.52. The molecule has 0 aliphatic carbocycles. The van der Waals surface area contributed by atoms with E-state index >= 15 is 0 Å². The second-order valence-electron chi connectivity index (χ2n) is 7.56. The molecule has 4 rings (SSSR count). The van der Waals surface area contributed by atoms with Crippen molar-refractivity contribution >= 4 is 17.2 Å². The number of carbonyl (C=O) groups is 1. The predicted molar refractivity (Wildman–Crippen MR) is 118 cm³/mol. The van der Waals surface area contributed by atoms with Crippen molar-refractivity contribution in [3.63, 3.8) is 0 Å². The molecule has 0 fully saturated rings. The number of rotatable bonds is 7. The highest BCUT2D eigenvalue weighted by molar-refractivity contribution is 5.91. The van der Waals surface area contributed by atoms with Gasteiger partial charge in [0, 0.05) is 37.0 Å². The molecule has 2 heterocycles. The lowest BCUT2D eigenvalue weighted by molar-refractivity contribution is -0.116. The molecule has 1 N–H and O–H groups in total. The first-order valence-corrected chi connectivity index (χ1v) is 10.1. The zero-order chi connectivity index (χ0) is 22.7. The SMILES string of the molecule is COc1cccc(NC(=O)C[C@@H](C)Cc2nnc3c(=O)n(-c4cccc(F)c4)ccn23)c1. The molecule has 2 aromatic heterocycles. The molecule has 4 aromatic rings. The summed E-state index contributed by atoms with van der Waals surface area (Å²) in [6.07, 6.45) is 3.94. The highest BCUT2D eigenvalue weighted by atomic mass is 19.1. The van der Waals surface area contributed by atoms with Gasteiger partial charge >= 0.3 is 5.56 Å². The number of fused-ring (bicyclic) bond motifs is 1. The summed E-state index contributed by atoms with van der Waals surface area (Å²) in [4.78, 5) is 25.2. The molecule has 0 bridgehead atoms. The van der Waals surface area contributed by atoms with Crippen molar-refractivity contribution < 1.29 is 13.9 Å². The van der Waals surface area contributed by atoms with E-state index in [1.807, 2.05) is 6.92 Å². The number of carbonyl (C=O) groups excluding carboxylic acids is 1. The Morgan fingerprint density at radius 1 is 1.16 bits per heavy atom. The first kappa shape index (κ1) is 21.2. The van der Waals surface area contributed by atoms with Gasteiger partial charge in [0.05, 0.1) is 12.8 Å². The van der Waals surface area contributed by atoms with Crippen LogP contribution in [0, 0.1) is 11.7 Å². The van der Waals surface area contributed by atoms with Crippen LogP contribution in [0.5, 0.6) is 5.75 Å². The molecule has 0 unspecified atom stereocenters. The molecule has 8 nitrogen and oxygen atoms in total. The van der Waals surface area contributed by atoms with E-state index < -0.39 is 11.4 Å². The van der Waals surface area contributed by atoms with Gasteiger partial charge in [0.15, 0.2) is 0 Å². The standard InChI is InChI=1S/C23H22FN5O3/c1-15(12-21(30)25-17-6-4-8-19(14-17)32-2)11-20-26-27-22-23(31)28(9-10-29(20)22)18-7-3-5-16(24)13-18/h3-10,13-15H,11-12H2,1-2H3,(H,25,30)/t15-/m0/s1. The molecule has 0 saturated heterocycles. The van der Waals surface area contributed by atoms with E-state index in [-0.39, 0.29) is 23.9 Å². The number of methoxy groups -OCH3 is 1. The van der Waals surface area contributed by atoms with Gasteiger partial charge in [0.1, 0.15) is 17.4 Å². The average molecular weight is 435 g/mol. The molecule has 0 aliphatic rings. The fourth-order valence-electron chi connectivity index (χ4n) is 3.52. The van der Waals surface area contributed by atoms with Crippen molar-refractivity contribution in [2.24, 2.45) is 5.92 Å². The number of nitrogens with one attached hydrogen (secondary N) is 1. The normalized spacial score (nSPS) is 12.0. The van der Waals surface area contributed by atoms with Gasteiger partial charge < -0.3 is 10.1 Å². The Hall–Kier alpha value is -4.01. The van der Waals surface area contributed by atoms with Gasteiger partial charge in [-0.3, -0.25) is 18.6 Å². The molecule has 0 radical (unpaired) electrons. The molecule has 164 valence electrons. The number of hydrogen-bond acceptors (Lipinski definition) is 5. The van der Waals surface area contributed by atoms with E-state index in [1.165, 1.54) is 22.8 Å². The largest absolute Gasteiger partial charge is 0.497 e. The smallest absolute Gasteiger partial charge is 0.300 e. The van der Waals surface area contributed by atoms with Gasteiger partial charge in [-0.05, 0) is 36.2 Å². The second kappa shape index (κ2) is 9.01. The lowest BCUT2D eigenvalue weighted by Crippen LogP contribution is -2.21. The molecule has 2 aromatic carbocycles. The van der Waals surface area contributed by atoms with Crippen molar-refractivity contribution in [2.75, 3.05) is 12.4 Å². The van der Waals surface area contributed by atoms with Crippen LogP contribution in [-0.2, 0) is 11.2 Å². The minimum atomic E-state index is -0.433. The molecule has 0 saturated carbocycles. The van der Waals surface area contributed by atoms with Crippen molar-refractivity contribution in [1.29, 1.82) is 0 Å². The summed E-state index contributed by atoms with van der Waals surface area (Å²) < 4.78 is 21.6. The third kappa shape index (κ3) is 4.51. The topological polar surface area (TPSA) is 90.5 Å². The first-order valence-electron chi connectivity index (χ1n) is 10.1. The zero-order valence-electron chi connectivity index (χ0n) is 17.7. The maximum atomic E-state index is 13.5. The van der Waals surface area contributed by atoms with E-state index in [0.29, 0.717) is 29.4 Å². The van der Waals surface area contributed by atoms with E-state index in [1.54, 1.807) is 54.2 Å². The lowest BCUT2D eigenvalue weighted by Gasteiger charge is -2.12. The van der Waals surface area contributed by atoms with E-state index in [0.717, 1.165) is 0 Å². The van der Waals surface area contributed by atoms with Crippen LogP contribution < -0.4 is 15.6 Å². The number of hydrogen-bond donors (Lipinski definition) is 1. The molecular formula is C23H22FN5O3. The van der Waals surface area contributed by atoms with Crippen LogP contribution in [0.15, 0.2) is 65.7 Å². The Kier molecular flexibility index (Phi) is 5.98. The van der Waals surface area contributed by atoms with Crippen molar-refractivity contribution in [3.05, 3.63) is 82.9 Å². The number of halogens is 1. The van der Waals surface area contributed by atoms with Gasteiger partial charge in [-0.25, -0.2) is 4.39 Å². The van der Waals surface area contributed by atoms with Crippen LogP contribution >= 0.6 is 0 Å². The van der Waals surface area contributed by atoms with Gasteiger partial charge in [-0.2, -0.15) is 0 Å². The van der Waals surface area contributed by atoms with Crippen molar-refractivity contribution in [2.45, 2.75) is 19.8 Å². The van der Waals surface area contributed by atoms with Crippen LogP contribution in [0.4, 0.5) is 10.1 Å². The third-order valence-corrected chi connectivity index (χ3v) is 5.05. The van der Waals surface area contributed by atoms with Crippen LogP contribution in [0.3, 0.4) is 0 Å². The summed E-state index contributed by atoms with van der Waals surface area (Å²) >= 11 is 0. The summed E-state index contributed by atoms with van der Waals surface area (Å²) in [6, 6.07) is 12.9. The molecule has 0 spiro atoms. The summed E-state index contributed by atoms with van der Waals surface area (Å²) in [6.45, 7) is 1.93. The van der Waals surface area contributed by atoms with Crippen LogP contribution in [-0.4, -0.2) is 32.2 Å². The minimum Gasteiger partial charge on any atom is -0.497 e. The lowest BCUT2D eigenvalue weighted by atomic mass is 10.0. The maximum Gasteiger partial charge on any atom is 0.300 e. The van der Waals surface area contributed by atoms with Crippen LogP contribution in [0.25, 0.3) is 11.3 Å². The Balaban J connectivity index is 1.47. The summed E-state index contributed by atoms with van der Waals surface area (Å²) in [5.41, 5.74) is 0.803. The Bertz CT molecular complexity index is 1330. The van der Waals surface area contributed by atoms with Crippen molar-refractivity contribution in [1.82, 2.24) is 19.2 Å². The Labute approximate surface area is 183 Å². The van der Waals surface area contributed by atoms with Gasteiger partial charge in [0.25, 0.3) is 0 Å². The molecule has 9 heteroatoms. The summed E-state index contributed by atoms with van der Waals surface area (Å²) in [7, 11) is 1.57. The third-order valence-electron chi connectivity index (χ3n) is 5.05. The van der Waals surface area contributed by atoms with Gasteiger partial charge in [-0.1, -0.05) is 19.1 Å². The zero-order valence-corrected chi connectivity index (χ0v) is 17.7. The molecule has 1 atom stereocenters. The number of aromatic nitrogens is 4. The number of ether oxygens (including phenoxy) is 1. The number of benzene rings is 2. The minimum absolute atomic E-state index is 0.0429. The fraction of sp³-hybridized carbons (Fsp3) is 0.217. The predicted octanol–water partition coefficient (Wildman–Crippen LogP) is 3.24. The summed E-state index contributed by atoms with van der Waals surface area (Å²) in [5.74, 6) is 0.629. The number of nitrogens with zero attached hydrogens (tertiary/aromatic N) is 4. The molecule has 1 amide bonds. The molecular weight excluding hydrogens is 413 g/mol. The Morgan fingerprint density at radius 2 is 1.97 bits per heavy atom. The van der Waals surface area contributed by atoms with E-state index in [9.17, 15) is 14.0 Å². The highest BCUT2D eigenvalue weighted by Crippen LogP contribution is 2.18. The van der Waals surface area contributed by atoms with E-state index in [2.05, 4.69) is 15.5 Å². The monoisotopic (exact) mass is 435 g/mol. The maximum absolute atomic E-state index is 13.5. The molecule has 0 aliphatic heterocycles.